The average Bonchev–Trinajstić information content (AvgIpc) is 2.58. The van der Waals surface area contributed by atoms with Crippen molar-refractivity contribution in [3.63, 3.8) is 0 Å². The summed E-state index contributed by atoms with van der Waals surface area (Å²) >= 11 is 3.32. The summed E-state index contributed by atoms with van der Waals surface area (Å²) in [6.45, 7) is 0.750. The average molecular weight is 373 g/mol. The van der Waals surface area contributed by atoms with Gasteiger partial charge in [0.05, 0.1) is 0 Å². The molecule has 0 fully saturated rings. The number of benzene rings is 2. The van der Waals surface area contributed by atoms with E-state index in [9.17, 15) is 9.59 Å². The molecule has 0 unspecified atom stereocenters. The largest absolute Gasteiger partial charge is 0.351 e. The van der Waals surface area contributed by atoms with E-state index in [-0.39, 0.29) is 11.8 Å². The standard InChI is InChI=1S/C18H17BrN2O2/c19-16-9-7-15(8-10-16)18(23)21-13-12-20-17(22)11-6-14-4-2-1-3-5-14/h1-11H,12-13H2,(H,20,22)(H,21,23)/b11-6+. The van der Waals surface area contributed by atoms with Gasteiger partial charge in [0.1, 0.15) is 0 Å². The Morgan fingerprint density at radius 1 is 0.913 bits per heavy atom. The van der Waals surface area contributed by atoms with Gasteiger partial charge in [-0.05, 0) is 35.9 Å². The molecule has 0 aromatic heterocycles. The lowest BCUT2D eigenvalue weighted by molar-refractivity contribution is -0.116. The Labute approximate surface area is 143 Å². The number of carbonyl (C=O) groups excluding carboxylic acids is 2. The van der Waals surface area contributed by atoms with Gasteiger partial charge in [-0.3, -0.25) is 9.59 Å². The molecule has 4 nitrogen and oxygen atoms in total. The van der Waals surface area contributed by atoms with Crippen LogP contribution in [0.4, 0.5) is 0 Å². The predicted octanol–water partition coefficient (Wildman–Crippen LogP) is 3.01. The minimum absolute atomic E-state index is 0.161. The number of halogens is 1. The summed E-state index contributed by atoms with van der Waals surface area (Å²) in [4.78, 5) is 23.5. The highest BCUT2D eigenvalue weighted by Gasteiger charge is 2.04. The maximum absolute atomic E-state index is 11.9. The fraction of sp³-hybridized carbons (Fsp3) is 0.111. The lowest BCUT2D eigenvalue weighted by Crippen LogP contribution is -2.33. The van der Waals surface area contributed by atoms with E-state index in [1.165, 1.54) is 6.08 Å². The first kappa shape index (κ1) is 17.0. The van der Waals surface area contributed by atoms with Crippen LogP contribution in [0.25, 0.3) is 6.08 Å². The summed E-state index contributed by atoms with van der Waals surface area (Å²) in [6, 6.07) is 16.7. The van der Waals surface area contributed by atoms with Crippen molar-refractivity contribution in [1.29, 1.82) is 0 Å². The first-order chi connectivity index (χ1) is 11.1. The molecule has 2 aromatic rings. The summed E-state index contributed by atoms with van der Waals surface area (Å²) < 4.78 is 0.923. The smallest absolute Gasteiger partial charge is 0.251 e. The molecule has 0 saturated heterocycles. The van der Waals surface area contributed by atoms with Crippen LogP contribution < -0.4 is 10.6 Å². The van der Waals surface area contributed by atoms with E-state index in [0.717, 1.165) is 10.0 Å². The fourth-order valence-corrected chi connectivity index (χ4v) is 2.12. The molecule has 23 heavy (non-hydrogen) atoms. The highest BCUT2D eigenvalue weighted by atomic mass is 79.9. The molecule has 2 N–H and O–H groups in total. The maximum atomic E-state index is 11.9. The van der Waals surface area contributed by atoms with Crippen LogP contribution in [0.3, 0.4) is 0 Å². The molecule has 2 aromatic carbocycles. The third kappa shape index (κ3) is 6.08. The van der Waals surface area contributed by atoms with Crippen molar-refractivity contribution in [2.24, 2.45) is 0 Å². The van der Waals surface area contributed by atoms with Gasteiger partial charge in [-0.25, -0.2) is 0 Å². The minimum Gasteiger partial charge on any atom is -0.351 e. The number of carbonyl (C=O) groups is 2. The van der Waals surface area contributed by atoms with Gasteiger partial charge >= 0.3 is 0 Å². The van der Waals surface area contributed by atoms with Crippen LogP contribution >= 0.6 is 15.9 Å². The zero-order chi connectivity index (χ0) is 16.5. The van der Waals surface area contributed by atoms with Gasteiger partial charge in [0.25, 0.3) is 5.91 Å². The molecule has 2 amide bonds. The fourth-order valence-electron chi connectivity index (χ4n) is 1.86. The second-order valence-electron chi connectivity index (χ2n) is 4.80. The van der Waals surface area contributed by atoms with E-state index in [2.05, 4.69) is 26.6 Å². The predicted molar refractivity (Wildman–Crippen MR) is 95.0 cm³/mol. The quantitative estimate of drug-likeness (QED) is 0.604. The van der Waals surface area contributed by atoms with Crippen molar-refractivity contribution >= 4 is 33.8 Å². The molecular weight excluding hydrogens is 356 g/mol. The summed E-state index contributed by atoms with van der Waals surface area (Å²) in [6.07, 6.45) is 3.22. The summed E-state index contributed by atoms with van der Waals surface area (Å²) in [5, 5.41) is 5.48. The highest BCUT2D eigenvalue weighted by Crippen LogP contribution is 2.10. The Balaban J connectivity index is 1.68. The van der Waals surface area contributed by atoms with Gasteiger partial charge < -0.3 is 10.6 Å². The first-order valence-corrected chi connectivity index (χ1v) is 7.99. The molecule has 2 rings (SSSR count). The normalized spacial score (nSPS) is 10.5. The second kappa shape index (κ2) is 8.90. The number of amides is 2. The van der Waals surface area contributed by atoms with Gasteiger partial charge in [0.2, 0.25) is 5.91 Å². The van der Waals surface area contributed by atoms with Crippen molar-refractivity contribution in [1.82, 2.24) is 10.6 Å². The molecule has 0 radical (unpaired) electrons. The lowest BCUT2D eigenvalue weighted by Gasteiger charge is -2.06. The van der Waals surface area contributed by atoms with Crippen LogP contribution in [-0.2, 0) is 4.79 Å². The molecule has 0 aliphatic heterocycles. The van der Waals surface area contributed by atoms with Crippen LogP contribution in [0.15, 0.2) is 65.1 Å². The molecule has 0 aliphatic rings. The van der Waals surface area contributed by atoms with E-state index >= 15 is 0 Å². The minimum atomic E-state index is -0.188. The SMILES string of the molecule is O=C(/C=C/c1ccccc1)NCCNC(=O)c1ccc(Br)cc1. The Bertz CT molecular complexity index is 682. The van der Waals surface area contributed by atoms with E-state index in [0.29, 0.717) is 18.7 Å². The third-order valence-electron chi connectivity index (χ3n) is 3.04. The Morgan fingerprint density at radius 2 is 1.57 bits per heavy atom. The summed E-state index contributed by atoms with van der Waals surface area (Å²) in [5.41, 5.74) is 1.55. The molecule has 118 valence electrons. The van der Waals surface area contributed by atoms with Crippen LogP contribution in [0.5, 0.6) is 0 Å². The Morgan fingerprint density at radius 3 is 2.26 bits per heavy atom. The number of hydrogen-bond acceptors (Lipinski definition) is 2. The van der Waals surface area contributed by atoms with E-state index in [4.69, 9.17) is 0 Å². The topological polar surface area (TPSA) is 58.2 Å². The van der Waals surface area contributed by atoms with E-state index in [1.54, 1.807) is 18.2 Å². The summed E-state index contributed by atoms with van der Waals surface area (Å²) in [5.74, 6) is -0.349. The zero-order valence-corrected chi connectivity index (χ0v) is 14.0. The second-order valence-corrected chi connectivity index (χ2v) is 5.71. The Hall–Kier alpha value is -2.40. The molecule has 0 bridgehead atoms. The summed E-state index contributed by atoms with van der Waals surface area (Å²) in [7, 11) is 0. The zero-order valence-electron chi connectivity index (χ0n) is 12.5. The highest BCUT2D eigenvalue weighted by molar-refractivity contribution is 9.10. The van der Waals surface area contributed by atoms with Gasteiger partial charge in [0, 0.05) is 29.2 Å². The molecule has 0 atom stereocenters. The lowest BCUT2D eigenvalue weighted by atomic mass is 10.2. The molecule has 0 spiro atoms. The molecular formula is C18H17BrN2O2. The Kier molecular flexibility index (Phi) is 6.56. The van der Waals surface area contributed by atoms with Crippen molar-refractivity contribution in [2.45, 2.75) is 0 Å². The van der Waals surface area contributed by atoms with E-state index < -0.39 is 0 Å². The first-order valence-electron chi connectivity index (χ1n) is 7.20. The van der Waals surface area contributed by atoms with Gasteiger partial charge in [-0.2, -0.15) is 0 Å². The molecule has 0 heterocycles. The third-order valence-corrected chi connectivity index (χ3v) is 3.57. The number of hydrogen-bond donors (Lipinski definition) is 2. The van der Waals surface area contributed by atoms with Crippen molar-refractivity contribution in [2.75, 3.05) is 13.1 Å². The van der Waals surface area contributed by atoms with Crippen LogP contribution in [0.2, 0.25) is 0 Å². The van der Waals surface area contributed by atoms with Crippen LogP contribution in [-0.4, -0.2) is 24.9 Å². The van der Waals surface area contributed by atoms with Crippen molar-refractivity contribution in [3.8, 4) is 0 Å². The monoisotopic (exact) mass is 372 g/mol. The molecule has 0 aliphatic carbocycles. The van der Waals surface area contributed by atoms with Gasteiger partial charge in [-0.1, -0.05) is 46.3 Å². The van der Waals surface area contributed by atoms with Crippen LogP contribution in [0.1, 0.15) is 15.9 Å². The van der Waals surface area contributed by atoms with Crippen LogP contribution in [0, 0.1) is 0 Å². The number of rotatable bonds is 6. The van der Waals surface area contributed by atoms with E-state index in [1.807, 2.05) is 42.5 Å². The number of nitrogens with one attached hydrogen (secondary N) is 2. The molecule has 5 heteroatoms. The van der Waals surface area contributed by atoms with Crippen molar-refractivity contribution in [3.05, 3.63) is 76.3 Å². The van der Waals surface area contributed by atoms with Gasteiger partial charge in [0.15, 0.2) is 0 Å². The van der Waals surface area contributed by atoms with Crippen molar-refractivity contribution < 1.29 is 9.59 Å². The van der Waals surface area contributed by atoms with Gasteiger partial charge in [-0.15, -0.1) is 0 Å². The molecule has 0 saturated carbocycles. The maximum Gasteiger partial charge on any atom is 0.251 e.